The van der Waals surface area contributed by atoms with Crippen LogP contribution in [-0.4, -0.2) is 29.3 Å². The van der Waals surface area contributed by atoms with Gasteiger partial charge in [0.2, 0.25) is 5.69 Å². The molecule has 0 saturated carbocycles. The van der Waals surface area contributed by atoms with Crippen LogP contribution in [0.15, 0.2) is 24.3 Å². The summed E-state index contributed by atoms with van der Waals surface area (Å²) in [4.78, 5) is 3.18. The molecule has 0 unspecified atom stereocenters. The van der Waals surface area contributed by atoms with Crippen molar-refractivity contribution in [2.75, 3.05) is 0 Å². The molecule has 3 heteroatoms. The number of benzene rings is 1. The fourth-order valence-electron chi connectivity index (χ4n) is 1.11. The molecule has 1 aromatic carbocycles. The van der Waals surface area contributed by atoms with Crippen LogP contribution in [0.4, 0.5) is 5.69 Å². The third-order valence-electron chi connectivity index (χ3n) is 1.60. The van der Waals surface area contributed by atoms with Gasteiger partial charge in [-0.3, -0.25) is 0 Å². The first-order chi connectivity index (χ1) is 4.47. The van der Waals surface area contributed by atoms with Gasteiger partial charge in [0, 0.05) is 11.6 Å². The van der Waals surface area contributed by atoms with Crippen LogP contribution in [0.2, 0.25) is 0 Å². The molecule has 0 saturated heterocycles. The number of halogens is 1. The predicted octanol–water partition coefficient (Wildman–Crippen LogP) is -3.35. The van der Waals surface area contributed by atoms with E-state index in [1.807, 2.05) is 6.07 Å². The van der Waals surface area contributed by atoms with Crippen molar-refractivity contribution in [1.29, 1.82) is 0 Å². The standard InChI is InChI=1S/C8H7N.ClH.Mg/c1-2-4-8-7(3-1)5-6-9-8;;/h1-4,6H,5H2;1H;/q;;+2. The molecule has 0 radical (unpaired) electrons. The molecule has 1 N–H and O–H groups in total. The Bertz CT molecular complexity index is 260. The van der Waals surface area contributed by atoms with E-state index < -0.39 is 0 Å². The second kappa shape index (κ2) is 4.75. The molecule has 1 heterocycles. The van der Waals surface area contributed by atoms with E-state index in [2.05, 4.69) is 29.4 Å². The van der Waals surface area contributed by atoms with Crippen LogP contribution >= 0.6 is 0 Å². The Kier molecular flexibility index (Phi) is 4.73. The van der Waals surface area contributed by atoms with Crippen molar-refractivity contribution in [2.45, 2.75) is 6.42 Å². The number of nitrogens with one attached hydrogen (secondary N) is 1. The Balaban J connectivity index is 0.000000500. The summed E-state index contributed by atoms with van der Waals surface area (Å²) in [5, 5.41) is 0. The van der Waals surface area contributed by atoms with Crippen LogP contribution in [0.25, 0.3) is 0 Å². The number of hydrogen-bond donors (Lipinski definition) is 1. The van der Waals surface area contributed by atoms with Gasteiger partial charge in [-0.2, -0.15) is 0 Å². The minimum Gasteiger partial charge on any atom is -1.00 e. The molecule has 0 bridgehead atoms. The zero-order chi connectivity index (χ0) is 6.10. The van der Waals surface area contributed by atoms with E-state index in [4.69, 9.17) is 0 Å². The Morgan fingerprint density at radius 3 is 2.64 bits per heavy atom. The molecule has 1 nitrogen and oxygen atoms in total. The Hall–Kier alpha value is -0.0538. The summed E-state index contributed by atoms with van der Waals surface area (Å²) in [6.07, 6.45) is 3.14. The largest absolute Gasteiger partial charge is 2.00 e. The number of para-hydroxylation sites is 1. The average molecular weight is 178 g/mol. The van der Waals surface area contributed by atoms with Crippen molar-refractivity contribution in [3.8, 4) is 0 Å². The molecule has 0 atom stereocenters. The van der Waals surface area contributed by atoms with Crippen molar-refractivity contribution >= 4 is 35.0 Å². The Morgan fingerprint density at radius 1 is 1.18 bits per heavy atom. The molecular formula is C8H8ClMgN+2. The zero-order valence-corrected chi connectivity index (χ0v) is 8.35. The van der Waals surface area contributed by atoms with Crippen LogP contribution < -0.4 is 17.4 Å². The SMILES string of the molecule is C1=[NH+]c2ccccc2C1.[Cl-].[Mg+2]. The normalized spacial score (nSPS) is 11.3. The van der Waals surface area contributed by atoms with Gasteiger partial charge < -0.3 is 12.4 Å². The summed E-state index contributed by atoms with van der Waals surface area (Å²) in [5.41, 5.74) is 2.66. The third kappa shape index (κ3) is 2.19. The molecule has 0 fully saturated rings. The van der Waals surface area contributed by atoms with Gasteiger partial charge in [-0.05, 0) is 0 Å². The fraction of sp³-hybridized carbons (Fsp3) is 0.125. The van der Waals surface area contributed by atoms with E-state index in [-0.39, 0.29) is 35.5 Å². The topological polar surface area (TPSA) is 14.0 Å². The minimum atomic E-state index is 0. The molecule has 52 valence electrons. The number of rotatable bonds is 0. The van der Waals surface area contributed by atoms with Crippen LogP contribution in [0, 0.1) is 0 Å². The summed E-state index contributed by atoms with van der Waals surface area (Å²) in [7, 11) is 0. The van der Waals surface area contributed by atoms with Gasteiger partial charge in [-0.1, -0.05) is 18.2 Å². The van der Waals surface area contributed by atoms with E-state index in [0.717, 1.165) is 6.42 Å². The summed E-state index contributed by atoms with van der Waals surface area (Å²) >= 11 is 0. The van der Waals surface area contributed by atoms with Gasteiger partial charge in [-0.25, -0.2) is 4.99 Å². The zero-order valence-electron chi connectivity index (χ0n) is 6.18. The summed E-state index contributed by atoms with van der Waals surface area (Å²) in [6, 6.07) is 8.36. The molecule has 2 rings (SSSR count). The van der Waals surface area contributed by atoms with E-state index in [0.29, 0.717) is 0 Å². The molecule has 0 aliphatic carbocycles. The second-order valence-electron chi connectivity index (χ2n) is 2.21. The van der Waals surface area contributed by atoms with Crippen molar-refractivity contribution in [3.63, 3.8) is 0 Å². The summed E-state index contributed by atoms with van der Waals surface area (Å²) in [6.45, 7) is 0. The number of fused-ring (bicyclic) bond motifs is 1. The Labute approximate surface area is 88.5 Å². The van der Waals surface area contributed by atoms with Crippen LogP contribution in [0.3, 0.4) is 0 Å². The molecule has 0 aromatic heterocycles. The maximum atomic E-state index is 3.18. The first kappa shape index (κ1) is 10.9. The second-order valence-corrected chi connectivity index (χ2v) is 2.21. The van der Waals surface area contributed by atoms with Gasteiger partial charge in [0.25, 0.3) is 0 Å². The minimum absolute atomic E-state index is 0. The van der Waals surface area contributed by atoms with Crippen molar-refractivity contribution < 1.29 is 17.4 Å². The van der Waals surface area contributed by atoms with Crippen LogP contribution in [0.5, 0.6) is 0 Å². The van der Waals surface area contributed by atoms with E-state index in [1.54, 1.807) is 0 Å². The third-order valence-corrected chi connectivity index (χ3v) is 1.60. The quantitative estimate of drug-likeness (QED) is 0.399. The molecule has 0 amide bonds. The monoisotopic (exact) mass is 177 g/mol. The number of hydrogen-bond acceptors (Lipinski definition) is 0. The van der Waals surface area contributed by atoms with Gasteiger partial charge in [-0.15, -0.1) is 0 Å². The molecule has 1 aromatic rings. The molecular weight excluding hydrogens is 170 g/mol. The van der Waals surface area contributed by atoms with E-state index in [1.165, 1.54) is 11.3 Å². The van der Waals surface area contributed by atoms with E-state index >= 15 is 0 Å². The fourth-order valence-corrected chi connectivity index (χ4v) is 1.11. The van der Waals surface area contributed by atoms with Crippen LogP contribution in [0.1, 0.15) is 5.56 Å². The van der Waals surface area contributed by atoms with E-state index in [9.17, 15) is 0 Å². The maximum Gasteiger partial charge on any atom is 2.00 e. The summed E-state index contributed by atoms with van der Waals surface area (Å²) < 4.78 is 0. The average Bonchev–Trinajstić information content (AvgIpc) is 2.33. The van der Waals surface area contributed by atoms with Crippen molar-refractivity contribution in [2.24, 2.45) is 0 Å². The van der Waals surface area contributed by atoms with Gasteiger partial charge in [0.05, 0.1) is 6.42 Å². The Morgan fingerprint density at radius 2 is 1.91 bits per heavy atom. The molecule has 0 spiro atoms. The van der Waals surface area contributed by atoms with Crippen LogP contribution in [-0.2, 0) is 6.42 Å². The molecule has 11 heavy (non-hydrogen) atoms. The molecule has 1 aliphatic heterocycles. The van der Waals surface area contributed by atoms with Gasteiger partial charge in [0.15, 0.2) is 0 Å². The molecule has 1 aliphatic rings. The van der Waals surface area contributed by atoms with Crippen molar-refractivity contribution in [3.05, 3.63) is 29.8 Å². The van der Waals surface area contributed by atoms with Gasteiger partial charge >= 0.3 is 23.1 Å². The van der Waals surface area contributed by atoms with Crippen molar-refractivity contribution in [1.82, 2.24) is 0 Å². The summed E-state index contributed by atoms with van der Waals surface area (Å²) in [5.74, 6) is 0. The first-order valence-electron chi connectivity index (χ1n) is 3.13. The smallest absolute Gasteiger partial charge is 1.00 e. The van der Waals surface area contributed by atoms with Gasteiger partial charge in [0.1, 0.15) is 6.21 Å². The first-order valence-corrected chi connectivity index (χ1v) is 3.13. The predicted molar refractivity (Wildman–Crippen MR) is 42.6 cm³/mol. The maximum absolute atomic E-state index is 3.18.